The standard InChI is InChI=1S/C18H19BrFNO2/c1-22-16-9-13-12(17(20)18(16)23-2)7-8-21-10-14(13)11-5-3-4-6-15(11)19/h3-6,9,14,21H,7-8,10H2,1-2H3. The van der Waals surface area contributed by atoms with Crippen molar-refractivity contribution in [3.63, 3.8) is 0 Å². The third kappa shape index (κ3) is 2.95. The molecule has 3 rings (SSSR count). The lowest BCUT2D eigenvalue weighted by molar-refractivity contribution is 0.335. The zero-order valence-electron chi connectivity index (χ0n) is 13.2. The Bertz CT molecular complexity index is 720. The lowest BCUT2D eigenvalue weighted by Gasteiger charge is -2.22. The van der Waals surface area contributed by atoms with E-state index in [4.69, 9.17) is 9.47 Å². The van der Waals surface area contributed by atoms with Gasteiger partial charge in [0.1, 0.15) is 0 Å². The molecule has 1 N–H and O–H groups in total. The summed E-state index contributed by atoms with van der Waals surface area (Å²) < 4.78 is 26.5. The van der Waals surface area contributed by atoms with Gasteiger partial charge in [-0.1, -0.05) is 34.1 Å². The maximum absolute atomic E-state index is 14.9. The molecule has 23 heavy (non-hydrogen) atoms. The van der Waals surface area contributed by atoms with Gasteiger partial charge in [-0.05, 0) is 41.8 Å². The van der Waals surface area contributed by atoms with Crippen LogP contribution in [0.25, 0.3) is 0 Å². The summed E-state index contributed by atoms with van der Waals surface area (Å²) in [4.78, 5) is 0. The molecule has 0 amide bonds. The second-order valence-corrected chi connectivity index (χ2v) is 6.38. The first kappa shape index (κ1) is 16.3. The van der Waals surface area contributed by atoms with E-state index >= 15 is 0 Å². The van der Waals surface area contributed by atoms with Gasteiger partial charge in [-0.3, -0.25) is 0 Å². The summed E-state index contributed by atoms with van der Waals surface area (Å²) in [6, 6.07) is 9.97. The fourth-order valence-electron chi connectivity index (χ4n) is 3.18. The van der Waals surface area contributed by atoms with Gasteiger partial charge in [0.25, 0.3) is 0 Å². The predicted octanol–water partition coefficient (Wildman–Crippen LogP) is 3.88. The minimum absolute atomic E-state index is 0.0531. The molecule has 0 saturated carbocycles. The van der Waals surface area contributed by atoms with Gasteiger partial charge in [0.2, 0.25) is 0 Å². The average molecular weight is 380 g/mol. The summed E-state index contributed by atoms with van der Waals surface area (Å²) in [6.07, 6.45) is 0.627. The number of rotatable bonds is 3. The van der Waals surface area contributed by atoms with Crippen LogP contribution in [0.2, 0.25) is 0 Å². The van der Waals surface area contributed by atoms with E-state index in [-0.39, 0.29) is 17.5 Å². The van der Waals surface area contributed by atoms with E-state index in [2.05, 4.69) is 27.3 Å². The van der Waals surface area contributed by atoms with Crippen LogP contribution in [-0.2, 0) is 6.42 Å². The maximum Gasteiger partial charge on any atom is 0.197 e. The first-order valence-corrected chi connectivity index (χ1v) is 8.35. The molecule has 122 valence electrons. The molecule has 0 fully saturated rings. The summed E-state index contributed by atoms with van der Waals surface area (Å²) in [5, 5.41) is 3.40. The van der Waals surface area contributed by atoms with Crippen molar-refractivity contribution in [2.75, 3.05) is 27.3 Å². The number of halogens is 2. The van der Waals surface area contributed by atoms with E-state index in [1.54, 1.807) is 0 Å². The summed E-state index contributed by atoms with van der Waals surface area (Å²) in [7, 11) is 3.00. The van der Waals surface area contributed by atoms with Crippen LogP contribution in [0.1, 0.15) is 22.6 Å². The molecule has 0 bridgehead atoms. The molecular formula is C18H19BrFNO2. The molecule has 0 aromatic heterocycles. The van der Waals surface area contributed by atoms with Crippen LogP contribution < -0.4 is 14.8 Å². The molecule has 0 spiro atoms. The highest BCUT2D eigenvalue weighted by Gasteiger charge is 2.28. The highest BCUT2D eigenvalue weighted by Crippen LogP contribution is 2.41. The fourth-order valence-corrected chi connectivity index (χ4v) is 3.74. The smallest absolute Gasteiger partial charge is 0.197 e. The largest absolute Gasteiger partial charge is 0.493 e. The van der Waals surface area contributed by atoms with Crippen molar-refractivity contribution in [1.82, 2.24) is 5.32 Å². The van der Waals surface area contributed by atoms with E-state index in [1.807, 2.05) is 24.3 Å². The van der Waals surface area contributed by atoms with Gasteiger partial charge >= 0.3 is 0 Å². The number of ether oxygens (including phenoxy) is 2. The van der Waals surface area contributed by atoms with Crippen molar-refractivity contribution < 1.29 is 13.9 Å². The topological polar surface area (TPSA) is 30.5 Å². The molecule has 1 heterocycles. The molecule has 0 radical (unpaired) electrons. The Morgan fingerprint density at radius 2 is 1.96 bits per heavy atom. The van der Waals surface area contributed by atoms with Gasteiger partial charge in [0.05, 0.1) is 14.2 Å². The van der Waals surface area contributed by atoms with Crippen molar-refractivity contribution in [2.24, 2.45) is 0 Å². The number of methoxy groups -OCH3 is 2. The second kappa shape index (κ2) is 6.89. The molecule has 1 atom stereocenters. The molecule has 1 aliphatic heterocycles. The van der Waals surface area contributed by atoms with Crippen LogP contribution in [0, 0.1) is 5.82 Å². The van der Waals surface area contributed by atoms with Crippen molar-refractivity contribution in [3.05, 3.63) is 57.3 Å². The van der Waals surface area contributed by atoms with Crippen molar-refractivity contribution in [3.8, 4) is 11.5 Å². The third-order valence-corrected chi connectivity index (χ3v) is 5.03. The first-order valence-electron chi connectivity index (χ1n) is 7.55. The minimum atomic E-state index is -0.317. The van der Waals surface area contributed by atoms with Crippen LogP contribution in [0.5, 0.6) is 11.5 Å². The zero-order chi connectivity index (χ0) is 16.4. The van der Waals surface area contributed by atoms with Crippen molar-refractivity contribution in [2.45, 2.75) is 12.3 Å². The molecule has 2 aromatic carbocycles. The molecular weight excluding hydrogens is 361 g/mol. The van der Waals surface area contributed by atoms with Gasteiger partial charge in [-0.15, -0.1) is 0 Å². The predicted molar refractivity (Wildman–Crippen MR) is 92.1 cm³/mol. The van der Waals surface area contributed by atoms with Gasteiger partial charge in [-0.25, -0.2) is 4.39 Å². The first-order chi connectivity index (χ1) is 11.2. The molecule has 0 saturated heterocycles. The minimum Gasteiger partial charge on any atom is -0.493 e. The van der Waals surface area contributed by atoms with E-state index in [1.165, 1.54) is 14.2 Å². The Hall–Kier alpha value is -1.59. The quantitative estimate of drug-likeness (QED) is 0.877. The van der Waals surface area contributed by atoms with E-state index in [0.717, 1.165) is 28.7 Å². The number of nitrogens with one attached hydrogen (secondary N) is 1. The van der Waals surface area contributed by atoms with Gasteiger partial charge in [0, 0.05) is 16.9 Å². The molecule has 1 unspecified atom stereocenters. The Kier molecular flexibility index (Phi) is 4.87. The lowest BCUT2D eigenvalue weighted by atomic mass is 9.87. The molecule has 1 aliphatic rings. The van der Waals surface area contributed by atoms with Gasteiger partial charge in [-0.2, -0.15) is 0 Å². The van der Waals surface area contributed by atoms with E-state index in [0.29, 0.717) is 17.7 Å². The Labute approximate surface area is 143 Å². The highest BCUT2D eigenvalue weighted by atomic mass is 79.9. The molecule has 5 heteroatoms. The number of hydrogen-bond donors (Lipinski definition) is 1. The Morgan fingerprint density at radius 3 is 2.65 bits per heavy atom. The van der Waals surface area contributed by atoms with Crippen LogP contribution in [-0.4, -0.2) is 27.3 Å². The summed E-state index contributed by atoms with van der Waals surface area (Å²) >= 11 is 3.61. The van der Waals surface area contributed by atoms with Crippen molar-refractivity contribution in [1.29, 1.82) is 0 Å². The number of benzene rings is 2. The SMILES string of the molecule is COc1cc2c(c(F)c1OC)CCNCC2c1ccccc1Br. The maximum atomic E-state index is 14.9. The van der Waals surface area contributed by atoms with Crippen LogP contribution in [0.4, 0.5) is 4.39 Å². The molecule has 0 aliphatic carbocycles. The van der Waals surface area contributed by atoms with Gasteiger partial charge < -0.3 is 14.8 Å². The van der Waals surface area contributed by atoms with Gasteiger partial charge in [0.15, 0.2) is 17.3 Å². The molecule has 3 nitrogen and oxygen atoms in total. The van der Waals surface area contributed by atoms with Crippen LogP contribution in [0.15, 0.2) is 34.8 Å². The second-order valence-electron chi connectivity index (χ2n) is 5.52. The monoisotopic (exact) mass is 379 g/mol. The highest BCUT2D eigenvalue weighted by molar-refractivity contribution is 9.10. The number of fused-ring (bicyclic) bond motifs is 1. The zero-order valence-corrected chi connectivity index (χ0v) is 14.7. The van der Waals surface area contributed by atoms with Crippen molar-refractivity contribution >= 4 is 15.9 Å². The fraction of sp³-hybridized carbons (Fsp3) is 0.333. The third-order valence-electron chi connectivity index (χ3n) is 4.30. The summed E-state index contributed by atoms with van der Waals surface area (Å²) in [5.74, 6) is 0.349. The van der Waals surface area contributed by atoms with Crippen LogP contribution in [0.3, 0.4) is 0 Å². The average Bonchev–Trinajstić information content (AvgIpc) is 2.77. The molecule has 2 aromatic rings. The lowest BCUT2D eigenvalue weighted by Crippen LogP contribution is -2.21. The summed E-state index contributed by atoms with van der Waals surface area (Å²) in [5.41, 5.74) is 2.79. The Morgan fingerprint density at radius 1 is 1.17 bits per heavy atom. The normalized spacial score (nSPS) is 17.3. The van der Waals surface area contributed by atoms with E-state index < -0.39 is 0 Å². The van der Waals surface area contributed by atoms with Crippen LogP contribution >= 0.6 is 15.9 Å². The number of hydrogen-bond acceptors (Lipinski definition) is 3. The Balaban J connectivity index is 2.21. The van der Waals surface area contributed by atoms with E-state index in [9.17, 15) is 4.39 Å². The summed E-state index contributed by atoms with van der Waals surface area (Å²) in [6.45, 7) is 1.49.